The van der Waals surface area contributed by atoms with Crippen LogP contribution in [-0.2, 0) is 5.92 Å². The number of benzene rings is 1. The molecule has 2 rings (SSSR count). The molecule has 0 spiro atoms. The molecule has 1 heterocycles. The normalized spacial score (nSPS) is 11.2. The Balaban J connectivity index is 2.03. The predicted octanol–water partition coefficient (Wildman–Crippen LogP) is 3.29. The summed E-state index contributed by atoms with van der Waals surface area (Å²) in [4.78, 5) is 3.93. The fraction of sp³-hybridized carbons (Fsp3) is 0.154. The first kappa shape index (κ1) is 11.5. The van der Waals surface area contributed by atoms with Crippen molar-refractivity contribution in [1.29, 1.82) is 0 Å². The molecular formula is C13H12F2N2. The fourth-order valence-corrected chi connectivity index (χ4v) is 1.45. The predicted molar refractivity (Wildman–Crippen MR) is 63.1 cm³/mol. The van der Waals surface area contributed by atoms with Gasteiger partial charge in [-0.3, -0.25) is 0 Å². The molecule has 1 aromatic carbocycles. The molecule has 0 saturated heterocycles. The first-order valence-electron chi connectivity index (χ1n) is 5.27. The summed E-state index contributed by atoms with van der Waals surface area (Å²) in [6, 6.07) is 12.9. The third kappa shape index (κ3) is 3.00. The second kappa shape index (κ2) is 4.91. The van der Waals surface area contributed by atoms with Crippen LogP contribution in [0.1, 0.15) is 5.56 Å². The molecule has 1 N–H and O–H groups in total. The molecule has 0 aliphatic rings. The highest BCUT2D eigenvalue weighted by molar-refractivity contribution is 5.34. The average molecular weight is 234 g/mol. The van der Waals surface area contributed by atoms with Crippen LogP contribution in [0.3, 0.4) is 0 Å². The quantitative estimate of drug-likeness (QED) is 0.878. The van der Waals surface area contributed by atoms with Gasteiger partial charge in [0.05, 0.1) is 6.54 Å². The van der Waals surface area contributed by atoms with E-state index >= 15 is 0 Å². The van der Waals surface area contributed by atoms with Crippen molar-refractivity contribution in [3.8, 4) is 0 Å². The zero-order valence-corrected chi connectivity index (χ0v) is 9.11. The highest BCUT2D eigenvalue weighted by Crippen LogP contribution is 2.27. The van der Waals surface area contributed by atoms with E-state index < -0.39 is 12.5 Å². The second-order valence-corrected chi connectivity index (χ2v) is 3.64. The molecule has 0 saturated carbocycles. The maximum Gasteiger partial charge on any atom is 0.290 e. The summed E-state index contributed by atoms with van der Waals surface area (Å²) in [5.74, 6) is -2.46. The van der Waals surface area contributed by atoms with Crippen molar-refractivity contribution in [2.45, 2.75) is 5.92 Å². The second-order valence-electron chi connectivity index (χ2n) is 3.64. The maximum atomic E-state index is 13.8. The van der Waals surface area contributed by atoms with Crippen molar-refractivity contribution in [3.63, 3.8) is 0 Å². The summed E-state index contributed by atoms with van der Waals surface area (Å²) in [5.41, 5.74) is 0.00318. The van der Waals surface area contributed by atoms with E-state index in [0.29, 0.717) is 5.82 Å². The molecule has 0 aliphatic carbocycles. The van der Waals surface area contributed by atoms with Crippen LogP contribution in [0.15, 0.2) is 54.7 Å². The number of hydrogen-bond donors (Lipinski definition) is 1. The lowest BCUT2D eigenvalue weighted by Gasteiger charge is -2.17. The first-order chi connectivity index (χ1) is 8.18. The number of nitrogens with zero attached hydrogens (tertiary/aromatic N) is 1. The van der Waals surface area contributed by atoms with Gasteiger partial charge in [-0.15, -0.1) is 0 Å². The highest BCUT2D eigenvalue weighted by atomic mass is 19.3. The zero-order valence-electron chi connectivity index (χ0n) is 9.11. The molecule has 0 unspecified atom stereocenters. The minimum atomic E-state index is -2.90. The van der Waals surface area contributed by atoms with Gasteiger partial charge in [0.2, 0.25) is 0 Å². The van der Waals surface area contributed by atoms with Crippen LogP contribution in [0.5, 0.6) is 0 Å². The lowest BCUT2D eigenvalue weighted by atomic mass is 10.1. The standard InChI is InChI=1S/C13H12F2N2/c14-13(15,11-6-2-1-3-7-11)10-17-12-8-4-5-9-16-12/h1-9H,10H2,(H,16,17). The molecule has 0 atom stereocenters. The summed E-state index contributed by atoms with van der Waals surface area (Å²) >= 11 is 0. The van der Waals surface area contributed by atoms with Gasteiger partial charge in [0.25, 0.3) is 5.92 Å². The maximum absolute atomic E-state index is 13.8. The van der Waals surface area contributed by atoms with Crippen LogP contribution in [0.4, 0.5) is 14.6 Å². The third-order valence-electron chi connectivity index (χ3n) is 2.35. The minimum absolute atomic E-state index is 0.00318. The number of pyridine rings is 1. The van der Waals surface area contributed by atoms with Gasteiger partial charge in [-0.2, -0.15) is 8.78 Å². The van der Waals surface area contributed by atoms with Crippen molar-refractivity contribution in [3.05, 3.63) is 60.3 Å². The van der Waals surface area contributed by atoms with Crippen molar-refractivity contribution in [1.82, 2.24) is 4.98 Å². The number of alkyl halides is 2. The van der Waals surface area contributed by atoms with E-state index in [-0.39, 0.29) is 5.56 Å². The number of nitrogens with one attached hydrogen (secondary N) is 1. The lowest BCUT2D eigenvalue weighted by molar-refractivity contribution is 0.0105. The molecule has 0 aliphatic heterocycles. The van der Waals surface area contributed by atoms with E-state index in [4.69, 9.17) is 0 Å². The Morgan fingerprint density at radius 3 is 2.35 bits per heavy atom. The average Bonchev–Trinajstić information content (AvgIpc) is 2.39. The Hall–Kier alpha value is -1.97. The minimum Gasteiger partial charge on any atom is -0.364 e. The van der Waals surface area contributed by atoms with E-state index in [1.54, 1.807) is 42.6 Å². The van der Waals surface area contributed by atoms with Crippen LogP contribution in [0, 0.1) is 0 Å². The molecule has 4 heteroatoms. The number of halogens is 2. The Kier molecular flexibility index (Phi) is 3.32. The first-order valence-corrected chi connectivity index (χ1v) is 5.27. The number of rotatable bonds is 4. The van der Waals surface area contributed by atoms with E-state index in [2.05, 4.69) is 10.3 Å². The number of hydrogen-bond acceptors (Lipinski definition) is 2. The highest BCUT2D eigenvalue weighted by Gasteiger charge is 2.30. The third-order valence-corrected chi connectivity index (χ3v) is 2.35. The number of anilines is 1. The van der Waals surface area contributed by atoms with Crippen molar-refractivity contribution >= 4 is 5.82 Å². The van der Waals surface area contributed by atoms with Crippen molar-refractivity contribution in [2.24, 2.45) is 0 Å². The fourth-order valence-electron chi connectivity index (χ4n) is 1.45. The SMILES string of the molecule is FC(F)(CNc1ccccn1)c1ccccc1. The largest absolute Gasteiger partial charge is 0.364 e. The summed E-state index contributed by atoms with van der Waals surface area (Å²) in [7, 11) is 0. The van der Waals surface area contributed by atoms with Gasteiger partial charge in [0, 0.05) is 11.8 Å². The van der Waals surface area contributed by atoms with Crippen LogP contribution < -0.4 is 5.32 Å². The van der Waals surface area contributed by atoms with Crippen LogP contribution in [-0.4, -0.2) is 11.5 Å². The molecule has 0 fully saturated rings. The number of aromatic nitrogens is 1. The van der Waals surface area contributed by atoms with Crippen LogP contribution >= 0.6 is 0 Å². The summed E-state index contributed by atoms with van der Waals surface area (Å²) in [5, 5.41) is 2.62. The van der Waals surface area contributed by atoms with Gasteiger partial charge >= 0.3 is 0 Å². The van der Waals surface area contributed by atoms with Gasteiger partial charge in [0.15, 0.2) is 0 Å². The lowest BCUT2D eigenvalue weighted by Crippen LogP contribution is -2.24. The van der Waals surface area contributed by atoms with Gasteiger partial charge < -0.3 is 5.32 Å². The van der Waals surface area contributed by atoms with E-state index in [0.717, 1.165) is 0 Å². The summed E-state index contributed by atoms with van der Waals surface area (Å²) < 4.78 is 27.5. The molecule has 2 nitrogen and oxygen atoms in total. The Morgan fingerprint density at radius 1 is 1.00 bits per heavy atom. The smallest absolute Gasteiger partial charge is 0.290 e. The van der Waals surface area contributed by atoms with Gasteiger partial charge in [-0.05, 0) is 12.1 Å². The molecule has 2 aromatic rings. The molecule has 1 aromatic heterocycles. The molecule has 17 heavy (non-hydrogen) atoms. The Bertz CT molecular complexity index is 457. The summed E-state index contributed by atoms with van der Waals surface area (Å²) in [6.45, 7) is -0.464. The summed E-state index contributed by atoms with van der Waals surface area (Å²) in [6.07, 6.45) is 1.56. The molecule has 88 valence electrons. The van der Waals surface area contributed by atoms with Crippen molar-refractivity contribution < 1.29 is 8.78 Å². The molecular weight excluding hydrogens is 222 g/mol. The van der Waals surface area contributed by atoms with Gasteiger partial charge in [0.1, 0.15) is 5.82 Å². The topological polar surface area (TPSA) is 24.9 Å². The zero-order chi connectivity index (χ0) is 12.1. The van der Waals surface area contributed by atoms with Crippen LogP contribution in [0.25, 0.3) is 0 Å². The molecule has 0 amide bonds. The van der Waals surface area contributed by atoms with E-state index in [1.807, 2.05) is 0 Å². The van der Waals surface area contributed by atoms with Crippen LogP contribution in [0.2, 0.25) is 0 Å². The molecule has 0 radical (unpaired) electrons. The Labute approximate surface area is 98.3 Å². The monoisotopic (exact) mass is 234 g/mol. The van der Waals surface area contributed by atoms with E-state index in [9.17, 15) is 8.78 Å². The van der Waals surface area contributed by atoms with Crippen molar-refractivity contribution in [2.75, 3.05) is 11.9 Å². The van der Waals surface area contributed by atoms with E-state index in [1.165, 1.54) is 12.1 Å². The van der Waals surface area contributed by atoms with Gasteiger partial charge in [-0.1, -0.05) is 36.4 Å². The van der Waals surface area contributed by atoms with Gasteiger partial charge in [-0.25, -0.2) is 4.98 Å². The molecule has 0 bridgehead atoms. The Morgan fingerprint density at radius 2 is 1.71 bits per heavy atom.